The molecule has 1 aliphatic carbocycles. The van der Waals surface area contributed by atoms with Gasteiger partial charge in [0.1, 0.15) is 29.3 Å². The summed E-state index contributed by atoms with van der Waals surface area (Å²) in [5, 5.41) is 15.7. The summed E-state index contributed by atoms with van der Waals surface area (Å²) in [5.74, 6) is -2.03. The van der Waals surface area contributed by atoms with Crippen LogP contribution in [-0.4, -0.2) is 79.7 Å². The molecule has 1 saturated carbocycles. The van der Waals surface area contributed by atoms with Crippen molar-refractivity contribution in [3.63, 3.8) is 0 Å². The van der Waals surface area contributed by atoms with E-state index in [9.17, 15) is 24.3 Å². The van der Waals surface area contributed by atoms with E-state index in [1.54, 1.807) is 39.0 Å². The molecule has 49 heavy (non-hydrogen) atoms. The molecule has 0 spiro atoms. The van der Waals surface area contributed by atoms with E-state index >= 15 is 0 Å². The second-order valence-electron chi connectivity index (χ2n) is 13.8. The van der Waals surface area contributed by atoms with Gasteiger partial charge in [0.15, 0.2) is 16.1 Å². The Morgan fingerprint density at radius 3 is 2.55 bits per heavy atom. The number of para-hydroxylation sites is 2. The van der Waals surface area contributed by atoms with Crippen molar-refractivity contribution in [3.05, 3.63) is 53.2 Å². The molecule has 1 aromatic carbocycles. The number of halogens is 1. The highest BCUT2D eigenvalue weighted by Crippen LogP contribution is 2.45. The van der Waals surface area contributed by atoms with Crippen molar-refractivity contribution in [2.24, 2.45) is 5.92 Å². The number of benzene rings is 1. The summed E-state index contributed by atoms with van der Waals surface area (Å²) >= 11 is 3.33. The number of allylic oxidation sites excluding steroid dienone is 1. The standard InChI is InChI=1S/C35H40BrN5O8/c1-34(2,3)49-33(46)39-24-14-8-6-4-5-7-11-20-18-35(20,32(44)45)40-29(42)25-17-21(19-41(25)31(24)43)47-30-28(26-15-16-27(36)48-26)37-22-12-9-10-13-23(22)38-30/h7,9-13,15-16,20-21,24-25H,4-6,8,14,17-19H2,1-3H3,(H,39,46)(H,40,42)(H,44,45)/b11-7-/t20?,21-,24+,25?,35?/m1/s1. The number of carbonyl (C=O) groups excluding carboxylic acids is 3. The molecule has 2 fully saturated rings. The van der Waals surface area contributed by atoms with Gasteiger partial charge in [0.25, 0.3) is 0 Å². The second kappa shape index (κ2) is 13.8. The van der Waals surface area contributed by atoms with E-state index in [4.69, 9.17) is 23.9 Å². The molecule has 6 rings (SSSR count). The lowest BCUT2D eigenvalue weighted by Crippen LogP contribution is -2.56. The van der Waals surface area contributed by atoms with Crippen LogP contribution in [0.15, 0.2) is 57.6 Å². The van der Waals surface area contributed by atoms with E-state index < -0.39 is 53.2 Å². The van der Waals surface area contributed by atoms with Gasteiger partial charge in [0.2, 0.25) is 17.7 Å². The Morgan fingerprint density at radius 1 is 1.10 bits per heavy atom. The number of hydrogen-bond donors (Lipinski definition) is 3. The maximum Gasteiger partial charge on any atom is 0.408 e. The molecule has 14 heteroatoms. The first-order valence-corrected chi connectivity index (χ1v) is 17.3. The van der Waals surface area contributed by atoms with Gasteiger partial charge < -0.3 is 34.5 Å². The van der Waals surface area contributed by atoms with Gasteiger partial charge in [-0.1, -0.05) is 37.1 Å². The first-order valence-electron chi connectivity index (χ1n) is 16.5. The molecule has 3 amide bonds. The van der Waals surface area contributed by atoms with Crippen LogP contribution in [0.4, 0.5) is 4.79 Å². The SMILES string of the molecule is CC(C)(C)OC(=O)N[C@H]1CCCCC/C=C\C2CC2(C(=O)O)NC(=O)C2C[C@@H](Oc3nc4ccccc4nc3-c3ccc(Br)o3)CN2C1=O. The molecular weight excluding hydrogens is 698 g/mol. The molecule has 2 aliphatic heterocycles. The third-order valence-electron chi connectivity index (χ3n) is 8.94. The Morgan fingerprint density at radius 2 is 1.86 bits per heavy atom. The van der Waals surface area contributed by atoms with Crippen LogP contribution in [0.1, 0.15) is 65.7 Å². The van der Waals surface area contributed by atoms with Crippen LogP contribution in [-0.2, 0) is 19.1 Å². The number of aromatic nitrogens is 2. The molecule has 3 unspecified atom stereocenters. The summed E-state index contributed by atoms with van der Waals surface area (Å²) in [7, 11) is 0. The first-order chi connectivity index (χ1) is 23.3. The van der Waals surface area contributed by atoms with Gasteiger partial charge in [-0.2, -0.15) is 0 Å². The second-order valence-corrected chi connectivity index (χ2v) is 14.6. The number of alkyl carbamates (subject to hydrolysis) is 1. The van der Waals surface area contributed by atoms with Crippen molar-refractivity contribution in [2.45, 2.75) is 95.0 Å². The van der Waals surface area contributed by atoms with Crippen LogP contribution in [0.3, 0.4) is 0 Å². The zero-order valence-electron chi connectivity index (χ0n) is 27.6. The van der Waals surface area contributed by atoms with Crippen molar-refractivity contribution >= 4 is 50.8 Å². The number of carbonyl (C=O) groups is 4. The fourth-order valence-electron chi connectivity index (χ4n) is 6.42. The van der Waals surface area contributed by atoms with Gasteiger partial charge in [0.05, 0.1) is 17.6 Å². The van der Waals surface area contributed by atoms with E-state index in [0.717, 1.165) is 19.3 Å². The number of carboxylic acids is 1. The van der Waals surface area contributed by atoms with Gasteiger partial charge in [0, 0.05) is 12.3 Å². The zero-order valence-corrected chi connectivity index (χ0v) is 29.2. The van der Waals surface area contributed by atoms with Gasteiger partial charge in [-0.3, -0.25) is 9.59 Å². The number of ether oxygens (including phenoxy) is 2. The largest absolute Gasteiger partial charge is 0.479 e. The minimum atomic E-state index is -1.46. The fourth-order valence-corrected chi connectivity index (χ4v) is 6.73. The molecule has 260 valence electrons. The highest BCUT2D eigenvalue weighted by atomic mass is 79.9. The third kappa shape index (κ3) is 7.74. The van der Waals surface area contributed by atoms with Gasteiger partial charge >= 0.3 is 12.1 Å². The predicted octanol–water partition coefficient (Wildman–Crippen LogP) is 5.37. The maximum atomic E-state index is 14.3. The normalized spacial score (nSPS) is 26.8. The lowest BCUT2D eigenvalue weighted by Gasteiger charge is -2.30. The Balaban J connectivity index is 1.33. The van der Waals surface area contributed by atoms with E-state index in [-0.39, 0.29) is 31.2 Å². The minimum Gasteiger partial charge on any atom is -0.479 e. The third-order valence-corrected chi connectivity index (χ3v) is 9.36. The molecule has 2 aromatic heterocycles. The van der Waals surface area contributed by atoms with E-state index in [1.165, 1.54) is 4.90 Å². The predicted molar refractivity (Wildman–Crippen MR) is 181 cm³/mol. The maximum absolute atomic E-state index is 14.3. The summed E-state index contributed by atoms with van der Waals surface area (Å²) in [6, 6.07) is 8.68. The number of rotatable bonds is 5. The summed E-state index contributed by atoms with van der Waals surface area (Å²) in [6.07, 6.45) is 5.95. The highest BCUT2D eigenvalue weighted by Gasteiger charge is 2.61. The van der Waals surface area contributed by atoms with E-state index in [2.05, 4.69) is 26.6 Å². The number of nitrogens with zero attached hydrogens (tertiary/aromatic N) is 3. The molecular formula is C35H40BrN5O8. The molecule has 0 bridgehead atoms. The number of fused-ring (bicyclic) bond motifs is 3. The number of furan rings is 1. The molecule has 13 nitrogen and oxygen atoms in total. The smallest absolute Gasteiger partial charge is 0.408 e. The van der Waals surface area contributed by atoms with Crippen LogP contribution in [0.5, 0.6) is 5.88 Å². The zero-order chi connectivity index (χ0) is 34.9. The lowest BCUT2D eigenvalue weighted by atomic mass is 10.0. The van der Waals surface area contributed by atoms with Crippen molar-refractivity contribution in [3.8, 4) is 17.3 Å². The number of carboxylic acid groups (broad SMARTS) is 1. The van der Waals surface area contributed by atoms with E-state index in [1.807, 2.05) is 30.4 Å². The first kappa shape index (κ1) is 34.4. The van der Waals surface area contributed by atoms with Crippen LogP contribution < -0.4 is 15.4 Å². The Kier molecular flexibility index (Phi) is 9.70. The molecule has 3 aliphatic rings. The number of amides is 3. The average molecular weight is 739 g/mol. The summed E-state index contributed by atoms with van der Waals surface area (Å²) in [6.45, 7) is 5.17. The van der Waals surface area contributed by atoms with Crippen LogP contribution in [0.2, 0.25) is 0 Å². The van der Waals surface area contributed by atoms with Crippen LogP contribution in [0, 0.1) is 5.92 Å². The van der Waals surface area contributed by atoms with Crippen molar-refractivity contribution in [2.75, 3.05) is 6.54 Å². The quantitative estimate of drug-likeness (QED) is 0.289. The molecule has 4 heterocycles. The van der Waals surface area contributed by atoms with Gasteiger partial charge in [-0.05, 0) is 86.6 Å². The van der Waals surface area contributed by atoms with Gasteiger partial charge in [-0.25, -0.2) is 19.6 Å². The van der Waals surface area contributed by atoms with Gasteiger partial charge in [-0.15, -0.1) is 0 Å². The minimum absolute atomic E-state index is 0.0252. The topological polar surface area (TPSA) is 173 Å². The average Bonchev–Trinajstić information content (AvgIpc) is 3.32. The molecule has 1 saturated heterocycles. The molecule has 3 N–H and O–H groups in total. The molecule has 5 atom stereocenters. The number of hydrogen-bond acceptors (Lipinski definition) is 9. The van der Waals surface area contributed by atoms with Crippen LogP contribution in [0.25, 0.3) is 22.5 Å². The lowest BCUT2D eigenvalue weighted by molar-refractivity contribution is -0.145. The van der Waals surface area contributed by atoms with E-state index in [0.29, 0.717) is 40.0 Å². The van der Waals surface area contributed by atoms with Crippen molar-refractivity contribution in [1.29, 1.82) is 0 Å². The number of aliphatic carboxylic acids is 1. The Hall–Kier alpha value is -4.46. The summed E-state index contributed by atoms with van der Waals surface area (Å²) in [4.78, 5) is 64.5. The Labute approximate surface area is 291 Å². The molecule has 0 radical (unpaired) electrons. The summed E-state index contributed by atoms with van der Waals surface area (Å²) in [5.41, 5.74) is -0.714. The van der Waals surface area contributed by atoms with Crippen molar-refractivity contribution in [1.82, 2.24) is 25.5 Å². The fraction of sp³-hybridized carbons (Fsp3) is 0.486. The summed E-state index contributed by atoms with van der Waals surface area (Å²) < 4.78 is 18.2. The Bertz CT molecular complexity index is 1790. The monoisotopic (exact) mass is 737 g/mol. The highest BCUT2D eigenvalue weighted by molar-refractivity contribution is 9.10. The molecule has 3 aromatic rings. The van der Waals surface area contributed by atoms with Crippen LogP contribution >= 0.6 is 15.9 Å². The van der Waals surface area contributed by atoms with Crippen molar-refractivity contribution < 1.29 is 38.2 Å². The number of nitrogens with one attached hydrogen (secondary N) is 2.